The highest BCUT2D eigenvalue weighted by Gasteiger charge is 2.08. The van der Waals surface area contributed by atoms with E-state index in [0.29, 0.717) is 5.02 Å². The van der Waals surface area contributed by atoms with Gasteiger partial charge in [0.2, 0.25) is 5.91 Å². The molecule has 0 spiro atoms. The minimum Gasteiger partial charge on any atom is -0.456 e. The smallest absolute Gasteiger partial charge is 0.228 e. The topological polar surface area (TPSA) is 42.2 Å². The van der Waals surface area contributed by atoms with Crippen LogP contribution in [0.4, 0.5) is 5.69 Å². The largest absolute Gasteiger partial charge is 0.456 e. The fourth-order valence-electron chi connectivity index (χ4n) is 2.88. The van der Waals surface area contributed by atoms with Gasteiger partial charge in [0.05, 0.1) is 6.42 Å². The third-order valence-corrected chi connectivity index (χ3v) is 4.37. The molecule has 0 saturated carbocycles. The summed E-state index contributed by atoms with van der Waals surface area (Å²) in [4.78, 5) is 12.2. The van der Waals surface area contributed by atoms with E-state index in [2.05, 4.69) is 5.32 Å². The lowest BCUT2D eigenvalue weighted by molar-refractivity contribution is -0.115. The van der Waals surface area contributed by atoms with Crippen LogP contribution in [0.2, 0.25) is 5.02 Å². The first-order valence-electron chi connectivity index (χ1n) is 8.31. The highest BCUT2D eigenvalue weighted by molar-refractivity contribution is 6.30. The van der Waals surface area contributed by atoms with Crippen molar-refractivity contribution < 1.29 is 9.21 Å². The molecule has 3 nitrogen and oxygen atoms in total. The Morgan fingerprint density at radius 1 is 0.923 bits per heavy atom. The summed E-state index contributed by atoms with van der Waals surface area (Å²) in [5.41, 5.74) is 3.46. The molecule has 1 N–H and O–H groups in total. The van der Waals surface area contributed by atoms with Crippen LogP contribution in [0.25, 0.3) is 22.3 Å². The van der Waals surface area contributed by atoms with Crippen molar-refractivity contribution in [1.29, 1.82) is 0 Å². The molecule has 4 heteroatoms. The van der Waals surface area contributed by atoms with Crippen molar-refractivity contribution in [3.8, 4) is 11.3 Å². The summed E-state index contributed by atoms with van der Waals surface area (Å²) < 4.78 is 5.87. The second-order valence-corrected chi connectivity index (χ2v) is 6.52. The van der Waals surface area contributed by atoms with Gasteiger partial charge in [-0.05, 0) is 54.1 Å². The SMILES string of the molecule is O=C(Cc1cccc(Cl)c1)Nc1ccc(-c2cc3ccccc3o2)cc1. The lowest BCUT2D eigenvalue weighted by atomic mass is 10.1. The molecule has 0 aliphatic heterocycles. The average molecular weight is 362 g/mol. The number of benzene rings is 3. The molecule has 1 amide bonds. The summed E-state index contributed by atoms with van der Waals surface area (Å²) in [5, 5.41) is 4.60. The minimum absolute atomic E-state index is 0.0799. The number of hydrogen-bond donors (Lipinski definition) is 1. The second-order valence-electron chi connectivity index (χ2n) is 6.08. The van der Waals surface area contributed by atoms with Gasteiger partial charge in [-0.15, -0.1) is 0 Å². The maximum absolute atomic E-state index is 12.2. The van der Waals surface area contributed by atoms with Crippen LogP contribution in [-0.2, 0) is 11.2 Å². The standard InChI is InChI=1S/C22H16ClNO2/c23-18-6-3-4-15(12-18)13-22(25)24-19-10-8-16(9-11-19)21-14-17-5-1-2-7-20(17)26-21/h1-12,14H,13H2,(H,24,25). The first-order valence-corrected chi connectivity index (χ1v) is 8.68. The van der Waals surface area contributed by atoms with Crippen molar-refractivity contribution in [3.05, 3.63) is 89.4 Å². The number of fused-ring (bicyclic) bond motifs is 1. The predicted molar refractivity (Wildman–Crippen MR) is 105 cm³/mol. The molecule has 0 aliphatic carbocycles. The molecule has 26 heavy (non-hydrogen) atoms. The van der Waals surface area contributed by atoms with Gasteiger partial charge < -0.3 is 9.73 Å². The van der Waals surface area contributed by atoms with Gasteiger partial charge in [-0.25, -0.2) is 0 Å². The van der Waals surface area contributed by atoms with Crippen LogP contribution in [-0.4, -0.2) is 5.91 Å². The Labute approximate surface area is 156 Å². The van der Waals surface area contributed by atoms with Gasteiger partial charge in [-0.2, -0.15) is 0 Å². The minimum atomic E-state index is -0.0799. The predicted octanol–water partition coefficient (Wildman–Crippen LogP) is 5.93. The number of furan rings is 1. The highest BCUT2D eigenvalue weighted by Crippen LogP contribution is 2.28. The van der Waals surface area contributed by atoms with Crippen LogP contribution in [0.5, 0.6) is 0 Å². The molecular formula is C22H16ClNO2. The van der Waals surface area contributed by atoms with E-state index in [4.69, 9.17) is 16.0 Å². The Hall–Kier alpha value is -3.04. The molecule has 0 radical (unpaired) electrons. The average Bonchev–Trinajstić information content (AvgIpc) is 3.06. The van der Waals surface area contributed by atoms with E-state index in [-0.39, 0.29) is 12.3 Å². The van der Waals surface area contributed by atoms with Crippen molar-refractivity contribution in [2.24, 2.45) is 0 Å². The van der Waals surface area contributed by atoms with E-state index in [1.807, 2.05) is 66.7 Å². The van der Waals surface area contributed by atoms with Crippen LogP contribution in [0, 0.1) is 0 Å². The van der Waals surface area contributed by atoms with E-state index < -0.39 is 0 Å². The van der Waals surface area contributed by atoms with Crippen molar-refractivity contribution in [1.82, 2.24) is 0 Å². The molecule has 0 atom stereocenters. The maximum Gasteiger partial charge on any atom is 0.228 e. The van der Waals surface area contributed by atoms with Crippen LogP contribution < -0.4 is 5.32 Å². The molecule has 0 saturated heterocycles. The number of hydrogen-bond acceptors (Lipinski definition) is 2. The molecule has 128 valence electrons. The Bertz CT molecular complexity index is 1030. The van der Waals surface area contributed by atoms with Crippen LogP contribution in [0.15, 0.2) is 83.3 Å². The van der Waals surface area contributed by atoms with Gasteiger partial charge in [-0.3, -0.25) is 4.79 Å². The monoisotopic (exact) mass is 361 g/mol. The zero-order valence-electron chi connectivity index (χ0n) is 13.9. The van der Waals surface area contributed by atoms with Gasteiger partial charge in [0.1, 0.15) is 11.3 Å². The molecule has 0 fully saturated rings. The number of amides is 1. The first-order chi connectivity index (χ1) is 12.7. The van der Waals surface area contributed by atoms with E-state index in [0.717, 1.165) is 33.5 Å². The fourth-order valence-corrected chi connectivity index (χ4v) is 3.09. The molecule has 1 aromatic heterocycles. The Kier molecular flexibility index (Phi) is 4.46. The molecule has 1 heterocycles. The molecule has 0 aliphatic rings. The molecule has 3 aromatic carbocycles. The number of para-hydroxylation sites is 1. The van der Waals surface area contributed by atoms with Gasteiger partial charge in [0, 0.05) is 21.7 Å². The van der Waals surface area contributed by atoms with Crippen molar-refractivity contribution in [3.63, 3.8) is 0 Å². The molecular weight excluding hydrogens is 346 g/mol. The Morgan fingerprint density at radius 3 is 2.50 bits per heavy atom. The summed E-state index contributed by atoms with van der Waals surface area (Å²) in [6.07, 6.45) is 0.284. The number of nitrogens with one attached hydrogen (secondary N) is 1. The Balaban J connectivity index is 1.46. The van der Waals surface area contributed by atoms with E-state index in [1.54, 1.807) is 12.1 Å². The summed E-state index contributed by atoms with van der Waals surface area (Å²) in [6.45, 7) is 0. The molecule has 0 bridgehead atoms. The third kappa shape index (κ3) is 3.63. The first kappa shape index (κ1) is 16.4. The van der Waals surface area contributed by atoms with E-state index in [9.17, 15) is 4.79 Å². The number of carbonyl (C=O) groups is 1. The van der Waals surface area contributed by atoms with Crippen LogP contribution in [0.1, 0.15) is 5.56 Å². The quantitative estimate of drug-likeness (QED) is 0.489. The van der Waals surface area contributed by atoms with Crippen molar-refractivity contribution in [2.75, 3.05) is 5.32 Å². The zero-order chi connectivity index (χ0) is 17.9. The van der Waals surface area contributed by atoms with Gasteiger partial charge in [0.25, 0.3) is 0 Å². The van der Waals surface area contributed by atoms with Crippen molar-refractivity contribution >= 4 is 34.2 Å². The van der Waals surface area contributed by atoms with Crippen LogP contribution in [0.3, 0.4) is 0 Å². The van der Waals surface area contributed by atoms with Gasteiger partial charge in [-0.1, -0.05) is 41.9 Å². The lowest BCUT2D eigenvalue weighted by Gasteiger charge is -2.06. The van der Waals surface area contributed by atoms with E-state index >= 15 is 0 Å². The number of anilines is 1. The van der Waals surface area contributed by atoms with Crippen molar-refractivity contribution in [2.45, 2.75) is 6.42 Å². The number of carbonyl (C=O) groups excluding carboxylic acids is 1. The maximum atomic E-state index is 12.2. The van der Waals surface area contributed by atoms with Gasteiger partial charge in [0.15, 0.2) is 0 Å². The highest BCUT2D eigenvalue weighted by atomic mass is 35.5. The summed E-state index contributed by atoms with van der Waals surface area (Å²) >= 11 is 5.95. The Morgan fingerprint density at radius 2 is 1.73 bits per heavy atom. The molecule has 4 aromatic rings. The van der Waals surface area contributed by atoms with Crippen LogP contribution >= 0.6 is 11.6 Å². The molecule has 0 unspecified atom stereocenters. The summed E-state index contributed by atoms with van der Waals surface area (Å²) in [7, 11) is 0. The van der Waals surface area contributed by atoms with Gasteiger partial charge >= 0.3 is 0 Å². The molecule has 4 rings (SSSR count). The fraction of sp³-hybridized carbons (Fsp3) is 0.0455. The van der Waals surface area contributed by atoms with E-state index in [1.165, 1.54) is 0 Å². The number of halogens is 1. The summed E-state index contributed by atoms with van der Waals surface area (Å²) in [6, 6.07) is 24.9. The number of rotatable bonds is 4. The lowest BCUT2D eigenvalue weighted by Crippen LogP contribution is -2.14. The zero-order valence-corrected chi connectivity index (χ0v) is 14.7. The second kappa shape index (κ2) is 7.06. The summed E-state index contributed by atoms with van der Waals surface area (Å²) in [5.74, 6) is 0.728. The normalized spacial score (nSPS) is 10.8. The third-order valence-electron chi connectivity index (χ3n) is 4.13.